The van der Waals surface area contributed by atoms with E-state index in [0.717, 1.165) is 28.1 Å². The van der Waals surface area contributed by atoms with Crippen molar-refractivity contribution < 1.29 is 4.74 Å². The quantitative estimate of drug-likeness (QED) is 0.545. The number of hydrogen-bond acceptors (Lipinski definition) is 3. The van der Waals surface area contributed by atoms with Crippen LogP contribution in [0.3, 0.4) is 0 Å². The first-order valence-electron chi connectivity index (χ1n) is 9.05. The summed E-state index contributed by atoms with van der Waals surface area (Å²) >= 11 is 12.6. The van der Waals surface area contributed by atoms with Crippen LogP contribution in [0.4, 0.5) is 0 Å². The Labute approximate surface area is 174 Å². The third-order valence-electron chi connectivity index (χ3n) is 4.59. The number of aromatic nitrogens is 2. The van der Waals surface area contributed by atoms with Crippen LogP contribution < -0.4 is 10.3 Å². The maximum absolute atomic E-state index is 12.9. The smallest absolute Gasteiger partial charge is 0.270 e. The minimum absolute atomic E-state index is 0.0816. The van der Waals surface area contributed by atoms with Gasteiger partial charge in [0.25, 0.3) is 5.56 Å². The zero-order chi connectivity index (χ0) is 20.3. The van der Waals surface area contributed by atoms with Crippen LogP contribution in [0, 0.1) is 0 Å². The van der Waals surface area contributed by atoms with Crippen molar-refractivity contribution in [2.45, 2.75) is 32.7 Å². The SMILES string of the molecule is COc1ccc(Cn2nc(Cc3c(Cl)cccc3Cl)cc(C(C)C)c2=O)cc1. The van der Waals surface area contributed by atoms with Crippen LogP contribution in [0.5, 0.6) is 5.75 Å². The molecule has 0 saturated heterocycles. The van der Waals surface area contributed by atoms with Crippen LogP contribution in [0.15, 0.2) is 53.3 Å². The molecule has 0 aliphatic rings. The van der Waals surface area contributed by atoms with Crippen molar-refractivity contribution in [2.24, 2.45) is 0 Å². The first-order valence-corrected chi connectivity index (χ1v) is 9.81. The van der Waals surface area contributed by atoms with Gasteiger partial charge in [-0.3, -0.25) is 4.79 Å². The molecular weight excluding hydrogens is 395 g/mol. The molecule has 0 bridgehead atoms. The third kappa shape index (κ3) is 4.57. The topological polar surface area (TPSA) is 44.1 Å². The highest BCUT2D eigenvalue weighted by molar-refractivity contribution is 6.36. The van der Waals surface area contributed by atoms with Gasteiger partial charge >= 0.3 is 0 Å². The maximum Gasteiger partial charge on any atom is 0.270 e. The molecule has 146 valence electrons. The van der Waals surface area contributed by atoms with Crippen LogP contribution in [-0.4, -0.2) is 16.9 Å². The van der Waals surface area contributed by atoms with Crippen LogP contribution in [-0.2, 0) is 13.0 Å². The van der Waals surface area contributed by atoms with Gasteiger partial charge in [0.05, 0.1) is 19.3 Å². The Morgan fingerprint density at radius 3 is 2.29 bits per heavy atom. The minimum Gasteiger partial charge on any atom is -0.497 e. The minimum atomic E-state index is -0.0835. The largest absolute Gasteiger partial charge is 0.497 e. The molecule has 3 rings (SSSR count). The van der Waals surface area contributed by atoms with Crippen LogP contribution in [0.2, 0.25) is 10.0 Å². The fourth-order valence-corrected chi connectivity index (χ4v) is 3.54. The van der Waals surface area contributed by atoms with E-state index in [0.29, 0.717) is 23.0 Å². The average molecular weight is 417 g/mol. The van der Waals surface area contributed by atoms with Gasteiger partial charge in [-0.1, -0.05) is 55.2 Å². The van der Waals surface area contributed by atoms with E-state index < -0.39 is 0 Å². The molecule has 0 amide bonds. The van der Waals surface area contributed by atoms with Gasteiger partial charge in [-0.25, -0.2) is 4.68 Å². The molecular formula is C22H22Cl2N2O2. The Kier molecular flexibility index (Phi) is 6.42. The fourth-order valence-electron chi connectivity index (χ4n) is 3.01. The van der Waals surface area contributed by atoms with Crippen molar-refractivity contribution >= 4 is 23.2 Å². The van der Waals surface area contributed by atoms with E-state index in [1.807, 2.05) is 50.2 Å². The number of ether oxygens (including phenoxy) is 1. The van der Waals surface area contributed by atoms with Gasteiger partial charge in [-0.2, -0.15) is 5.10 Å². The summed E-state index contributed by atoms with van der Waals surface area (Å²) in [5.74, 6) is 0.854. The number of benzene rings is 2. The Morgan fingerprint density at radius 2 is 1.71 bits per heavy atom. The molecule has 28 heavy (non-hydrogen) atoms. The van der Waals surface area contributed by atoms with Crippen LogP contribution in [0.1, 0.15) is 42.1 Å². The van der Waals surface area contributed by atoms with Crippen molar-refractivity contribution in [3.63, 3.8) is 0 Å². The van der Waals surface area contributed by atoms with E-state index >= 15 is 0 Å². The summed E-state index contributed by atoms with van der Waals surface area (Å²) in [7, 11) is 1.62. The number of hydrogen-bond donors (Lipinski definition) is 0. The van der Waals surface area contributed by atoms with Crippen molar-refractivity contribution in [1.82, 2.24) is 9.78 Å². The van der Waals surface area contributed by atoms with E-state index in [1.165, 1.54) is 4.68 Å². The highest BCUT2D eigenvalue weighted by atomic mass is 35.5. The molecule has 2 aromatic carbocycles. The predicted molar refractivity (Wildman–Crippen MR) is 114 cm³/mol. The number of nitrogens with zero attached hydrogens (tertiary/aromatic N) is 2. The molecule has 3 aromatic rings. The molecule has 0 aliphatic heterocycles. The van der Waals surface area contributed by atoms with E-state index in [1.54, 1.807) is 19.2 Å². The summed E-state index contributed by atoms with van der Waals surface area (Å²) in [5, 5.41) is 5.77. The molecule has 0 N–H and O–H groups in total. The first-order chi connectivity index (χ1) is 13.4. The molecule has 0 spiro atoms. The Morgan fingerprint density at radius 1 is 1.07 bits per heavy atom. The summed E-state index contributed by atoms with van der Waals surface area (Å²) in [5.41, 5.74) is 3.18. The molecule has 0 radical (unpaired) electrons. The Hall–Kier alpha value is -2.30. The molecule has 0 unspecified atom stereocenters. The second-order valence-corrected chi connectivity index (χ2v) is 7.75. The Balaban J connectivity index is 2.00. The van der Waals surface area contributed by atoms with Gasteiger partial charge in [0, 0.05) is 22.0 Å². The fraction of sp³-hybridized carbons (Fsp3) is 0.273. The summed E-state index contributed by atoms with van der Waals surface area (Å²) in [4.78, 5) is 12.9. The summed E-state index contributed by atoms with van der Waals surface area (Å²) in [6.07, 6.45) is 0.459. The highest BCUT2D eigenvalue weighted by Crippen LogP contribution is 2.26. The molecule has 0 aliphatic carbocycles. The molecule has 1 heterocycles. The van der Waals surface area contributed by atoms with Gasteiger partial charge in [-0.15, -0.1) is 0 Å². The molecule has 4 nitrogen and oxygen atoms in total. The second-order valence-electron chi connectivity index (χ2n) is 6.93. The van der Waals surface area contributed by atoms with Gasteiger partial charge in [0.1, 0.15) is 5.75 Å². The molecule has 0 saturated carbocycles. The standard InChI is InChI=1S/C22H22Cl2N2O2/c1-14(2)18-11-16(12-19-20(23)5-4-6-21(19)24)25-26(22(18)27)13-15-7-9-17(28-3)10-8-15/h4-11,14H,12-13H2,1-3H3. The lowest BCUT2D eigenvalue weighted by atomic mass is 10.0. The average Bonchev–Trinajstić information content (AvgIpc) is 2.67. The lowest BCUT2D eigenvalue weighted by Crippen LogP contribution is -2.28. The van der Waals surface area contributed by atoms with Crippen molar-refractivity contribution in [3.8, 4) is 5.75 Å². The van der Waals surface area contributed by atoms with E-state index in [9.17, 15) is 4.79 Å². The predicted octanol–water partition coefficient (Wildman–Crippen LogP) is 5.32. The number of methoxy groups -OCH3 is 1. The monoisotopic (exact) mass is 416 g/mol. The number of halogens is 2. The van der Waals surface area contributed by atoms with Crippen molar-refractivity contribution in [2.75, 3.05) is 7.11 Å². The van der Waals surface area contributed by atoms with Gasteiger partial charge < -0.3 is 4.74 Å². The van der Waals surface area contributed by atoms with Crippen molar-refractivity contribution in [1.29, 1.82) is 0 Å². The Bertz CT molecular complexity index is 1010. The van der Waals surface area contributed by atoms with E-state index in [4.69, 9.17) is 27.9 Å². The summed E-state index contributed by atoms with van der Waals surface area (Å²) < 4.78 is 6.70. The zero-order valence-electron chi connectivity index (χ0n) is 16.1. The molecule has 0 atom stereocenters. The van der Waals surface area contributed by atoms with E-state index in [2.05, 4.69) is 5.10 Å². The zero-order valence-corrected chi connectivity index (χ0v) is 17.6. The second kappa shape index (κ2) is 8.80. The normalized spacial score (nSPS) is 11.1. The van der Waals surface area contributed by atoms with Gasteiger partial charge in [0.15, 0.2) is 0 Å². The van der Waals surface area contributed by atoms with Gasteiger partial charge in [-0.05, 0) is 47.4 Å². The lowest BCUT2D eigenvalue weighted by molar-refractivity contribution is 0.414. The van der Waals surface area contributed by atoms with Crippen LogP contribution >= 0.6 is 23.2 Å². The van der Waals surface area contributed by atoms with Gasteiger partial charge in [0.2, 0.25) is 0 Å². The molecule has 0 fully saturated rings. The third-order valence-corrected chi connectivity index (χ3v) is 5.29. The molecule has 6 heteroatoms. The summed E-state index contributed by atoms with van der Waals surface area (Å²) in [6, 6.07) is 14.9. The lowest BCUT2D eigenvalue weighted by Gasteiger charge is -2.14. The summed E-state index contributed by atoms with van der Waals surface area (Å²) in [6.45, 7) is 4.38. The number of rotatable bonds is 6. The van der Waals surface area contributed by atoms with Crippen LogP contribution in [0.25, 0.3) is 0 Å². The molecule has 1 aromatic heterocycles. The maximum atomic E-state index is 12.9. The van der Waals surface area contributed by atoms with Crippen molar-refractivity contribution in [3.05, 3.63) is 91.3 Å². The highest BCUT2D eigenvalue weighted by Gasteiger charge is 2.14. The first kappa shape index (κ1) is 20.4. The van der Waals surface area contributed by atoms with E-state index in [-0.39, 0.29) is 11.5 Å².